The van der Waals surface area contributed by atoms with Crippen LogP contribution in [0.4, 0.5) is 356 Å². The predicted molar refractivity (Wildman–Crippen MR) is 285 cm³/mol. The van der Waals surface area contributed by atoms with E-state index in [-0.39, 0.29) is 0 Å². The van der Waals surface area contributed by atoms with Gasteiger partial charge < -0.3 is 29.5 Å². The molecule has 0 saturated carbocycles. The highest BCUT2D eigenvalue weighted by Crippen LogP contribution is 2.75. The van der Waals surface area contributed by atoms with E-state index in [0.29, 0.717) is 0 Å². The molecule has 90 heteroatoms. The molecule has 3 unspecified atom stereocenters. The summed E-state index contributed by atoms with van der Waals surface area (Å²) in [5.74, 6) is -365. The fourth-order valence-electron chi connectivity index (χ4n) is 9.77. The van der Waals surface area contributed by atoms with Gasteiger partial charge in [-0.3, -0.25) is 0 Å². The van der Waals surface area contributed by atoms with Crippen molar-refractivity contribution < 1.29 is 400 Å². The van der Waals surface area contributed by atoms with Crippen LogP contribution >= 0.6 is 0 Å². The second kappa shape index (κ2) is 36.8. The molecule has 0 fully saturated rings. The predicted octanol–water partition coefficient (Wildman–Crippen LogP) is 26.0. The standard InChI is InChI=1S/C57H21F81O9/c58-19(59,22(64,65)25(70,71)28(76,77)31(82,83)34(88,89)37(94,95)40(100,101)43(106,107)46(112,113)49(118,119)52(124,125)55(130,131)132)4-11(139)7-145-16(142)10-1-2-14(17(143)146-8-12(140)5-20(60,61)23(66,67)26(72,73)29(78,79)32(84,85)35(90,91)38(96,97)41(102,103)44(108,109)47(114,115)50(120,121)53(126,127)56(133,134)135)15(3-10)18(144)147-9-13(141)6-21(62,63)24(68,69)27(74,75)30(80,81)33(86,87)36(92,93)39(98,99)42(104,105)45(110,111)48(116,117)51(122,123)54(128,129)57(136,137)138/h1-3,11-13,139-141H,4-9H2. The van der Waals surface area contributed by atoms with Crippen molar-refractivity contribution in [1.29, 1.82) is 0 Å². The van der Waals surface area contributed by atoms with Crippen LogP contribution in [-0.2, 0) is 14.2 Å². The van der Waals surface area contributed by atoms with E-state index in [0.717, 1.165) is 0 Å². The van der Waals surface area contributed by atoms with Gasteiger partial charge in [-0.25, -0.2) is 14.4 Å². The fraction of sp³-hybridized carbons (Fsp3) is 0.842. The minimum absolute atomic E-state index is 0.805. The Morgan fingerprint density at radius 1 is 0.170 bits per heavy atom. The third-order valence-electron chi connectivity index (χ3n) is 18.7. The van der Waals surface area contributed by atoms with Crippen molar-refractivity contribution in [2.45, 2.75) is 269 Å². The summed E-state index contributed by atoms with van der Waals surface area (Å²) >= 11 is 0. The number of aliphatic hydroxyl groups is 3. The molecule has 0 saturated heterocycles. The Morgan fingerprint density at radius 2 is 0.286 bits per heavy atom. The highest BCUT2D eigenvalue weighted by Gasteiger charge is 3.06. The van der Waals surface area contributed by atoms with E-state index in [4.69, 9.17) is 0 Å². The molecule has 0 amide bonds. The molecule has 0 radical (unpaired) electrons. The first-order chi connectivity index (χ1) is 62.7. The van der Waals surface area contributed by atoms with Gasteiger partial charge in [0.05, 0.1) is 35.0 Å². The number of hydrogen-bond acceptors (Lipinski definition) is 9. The van der Waals surface area contributed by atoms with Crippen molar-refractivity contribution in [3.63, 3.8) is 0 Å². The molecule has 1 aromatic carbocycles. The number of hydrogen-bond donors (Lipinski definition) is 3. The molecule has 1 rings (SSSR count). The maximum atomic E-state index is 14.9. The summed E-state index contributed by atoms with van der Waals surface area (Å²) in [5.41, 5.74) is -8.06. The van der Waals surface area contributed by atoms with E-state index >= 15 is 0 Å². The van der Waals surface area contributed by atoms with Crippen molar-refractivity contribution >= 4 is 17.9 Å². The SMILES string of the molecule is O=C(OCC(O)CC(F)(F)C(F)(F)C(F)(F)C(F)(F)C(F)(F)C(F)(F)C(F)(F)C(F)(F)C(F)(F)C(F)(F)C(F)(F)C(F)(F)C(F)(F)F)c1ccc(C(=O)OCC(O)CC(F)(F)C(F)(F)C(F)(F)C(F)(F)C(F)(F)C(F)(F)C(F)(F)C(F)(F)C(F)(F)C(F)(F)C(F)(F)C(F)(F)C(F)(F)F)c(C(=O)OCC(O)CC(F)(F)C(F)(F)C(F)(F)C(F)(F)C(F)(F)C(F)(F)C(F)(F)C(F)(F)C(F)(F)C(F)(F)C(F)(F)C(F)(F)C(F)(F)F)c1. The van der Waals surface area contributed by atoms with Crippen LogP contribution in [0.1, 0.15) is 50.3 Å². The van der Waals surface area contributed by atoms with Gasteiger partial charge in [0.2, 0.25) is 0 Å². The van der Waals surface area contributed by atoms with E-state index in [9.17, 15) is 385 Å². The number of ether oxygens (including phenoxy) is 3. The number of esters is 3. The van der Waals surface area contributed by atoms with Gasteiger partial charge in [-0.15, -0.1) is 0 Å². The molecule has 0 aromatic heterocycles. The summed E-state index contributed by atoms with van der Waals surface area (Å²) in [6.45, 7) is -10.1. The first-order valence-electron chi connectivity index (χ1n) is 33.2. The lowest BCUT2D eigenvalue weighted by atomic mass is 9.83. The molecular weight excluding hydrogens is 2370 g/mol. The Labute approximate surface area is 742 Å². The summed E-state index contributed by atoms with van der Waals surface area (Å²) in [6, 6.07) is -2.92. The zero-order chi connectivity index (χ0) is 120. The monoisotopic (exact) mass is 2390 g/mol. The summed E-state index contributed by atoms with van der Waals surface area (Å²) in [6.07, 6.45) is -53.6. The van der Waals surface area contributed by atoms with Gasteiger partial charge in [-0.05, 0) is 18.2 Å². The molecular formula is C57H21F81O9. The van der Waals surface area contributed by atoms with Crippen LogP contribution in [0.25, 0.3) is 0 Å². The first kappa shape index (κ1) is 137. The van der Waals surface area contributed by atoms with Gasteiger partial charge in [0, 0.05) is 19.3 Å². The zero-order valence-electron chi connectivity index (χ0n) is 64.6. The lowest BCUT2D eigenvalue weighted by molar-refractivity contribution is -0.485. The Balaban J connectivity index is 4.39. The number of carbonyl (C=O) groups excluding carboxylic acids is 3. The summed E-state index contributed by atoms with van der Waals surface area (Å²) in [7, 11) is 0. The Bertz CT molecular complexity index is 4820. The van der Waals surface area contributed by atoms with Crippen molar-refractivity contribution in [1.82, 2.24) is 0 Å². The van der Waals surface area contributed by atoms with Gasteiger partial charge in [0.15, 0.2) is 0 Å². The van der Waals surface area contributed by atoms with Crippen LogP contribution < -0.4 is 0 Å². The average Bonchev–Trinajstić information content (AvgIpc) is 0.681. The Morgan fingerprint density at radius 3 is 0.422 bits per heavy atom. The molecule has 3 atom stereocenters. The van der Waals surface area contributed by atoms with Gasteiger partial charge in [0.25, 0.3) is 0 Å². The van der Waals surface area contributed by atoms with Gasteiger partial charge in [0.1, 0.15) is 19.8 Å². The topological polar surface area (TPSA) is 140 Å². The number of rotatable bonds is 48. The fourth-order valence-corrected chi connectivity index (χ4v) is 9.77. The smallest absolute Gasteiger partial charge is 0.459 e. The van der Waals surface area contributed by atoms with Gasteiger partial charge in [-0.1, -0.05) is 0 Å². The molecule has 1 aromatic rings. The maximum absolute atomic E-state index is 14.9. The van der Waals surface area contributed by atoms with Crippen molar-refractivity contribution in [2.75, 3.05) is 19.8 Å². The van der Waals surface area contributed by atoms with Crippen LogP contribution in [0.5, 0.6) is 0 Å². The largest absolute Gasteiger partial charge is 0.460 e. The van der Waals surface area contributed by atoms with E-state index in [1.807, 2.05) is 0 Å². The third-order valence-corrected chi connectivity index (χ3v) is 18.7. The van der Waals surface area contributed by atoms with E-state index in [1.165, 1.54) is 0 Å². The quantitative estimate of drug-likeness (QED) is 0.0331. The Hall–Kier alpha value is -8.16. The highest BCUT2D eigenvalue weighted by atomic mass is 19.5. The van der Waals surface area contributed by atoms with E-state index < -0.39 is 342 Å². The Kier molecular flexibility index (Phi) is 34.3. The van der Waals surface area contributed by atoms with Crippen molar-refractivity contribution in [2.24, 2.45) is 0 Å². The summed E-state index contributed by atoms with van der Waals surface area (Å²) in [5, 5.41) is 29.2. The average molecular weight is 2390 g/mol. The summed E-state index contributed by atoms with van der Waals surface area (Å²) < 4.78 is 1150. The minimum Gasteiger partial charge on any atom is -0.459 e. The molecule has 147 heavy (non-hydrogen) atoms. The second-order valence-corrected chi connectivity index (χ2v) is 28.7. The second-order valence-electron chi connectivity index (χ2n) is 28.7. The summed E-state index contributed by atoms with van der Waals surface area (Å²) in [4.78, 5) is 39.0. The molecule has 9 nitrogen and oxygen atoms in total. The van der Waals surface area contributed by atoms with Crippen LogP contribution in [-0.4, -0.2) is 303 Å². The molecule has 0 aliphatic carbocycles. The molecule has 3 N–H and O–H groups in total. The van der Waals surface area contributed by atoms with Gasteiger partial charge in [-0.2, -0.15) is 356 Å². The first-order valence-corrected chi connectivity index (χ1v) is 33.2. The number of aliphatic hydroxyl groups excluding tert-OH is 3. The number of carbonyl (C=O) groups is 3. The third kappa shape index (κ3) is 18.5. The highest BCUT2D eigenvalue weighted by molar-refractivity contribution is 6.05. The van der Waals surface area contributed by atoms with Crippen LogP contribution in [0.15, 0.2) is 18.2 Å². The normalized spacial score (nSPS) is 17.1. The molecule has 0 bridgehead atoms. The lowest BCUT2D eigenvalue weighted by Gasteiger charge is -2.46. The number of halogens is 81. The van der Waals surface area contributed by atoms with Crippen molar-refractivity contribution in [3.8, 4) is 0 Å². The number of benzene rings is 1. The number of alkyl halides is 81. The van der Waals surface area contributed by atoms with E-state index in [2.05, 4.69) is 14.2 Å². The van der Waals surface area contributed by atoms with Gasteiger partial charge >= 0.3 is 250 Å². The van der Waals surface area contributed by atoms with Crippen LogP contribution in [0.2, 0.25) is 0 Å². The van der Waals surface area contributed by atoms with E-state index in [1.54, 1.807) is 0 Å². The molecule has 870 valence electrons. The molecule has 0 spiro atoms. The van der Waals surface area contributed by atoms with Crippen LogP contribution in [0, 0.1) is 0 Å². The molecule has 0 aliphatic heterocycles. The lowest BCUT2D eigenvalue weighted by Crippen LogP contribution is -2.78. The molecule has 0 heterocycles. The van der Waals surface area contributed by atoms with Crippen LogP contribution in [0.3, 0.4) is 0 Å². The van der Waals surface area contributed by atoms with Crippen molar-refractivity contribution in [3.05, 3.63) is 34.9 Å². The minimum atomic E-state index is -10.5. The molecule has 0 aliphatic rings. The maximum Gasteiger partial charge on any atom is 0.460 e. The zero-order valence-corrected chi connectivity index (χ0v) is 64.6.